The highest BCUT2D eigenvalue weighted by molar-refractivity contribution is 5.81. The largest absolute Gasteiger partial charge is 0.480 e. The molecule has 0 bridgehead atoms. The van der Waals surface area contributed by atoms with Crippen LogP contribution in [0.15, 0.2) is 34.7 Å². The Bertz CT molecular complexity index is 664. The molecule has 0 radical (unpaired) electrons. The topological polar surface area (TPSA) is 83.6 Å². The van der Waals surface area contributed by atoms with E-state index in [0.717, 1.165) is 11.3 Å². The van der Waals surface area contributed by atoms with Gasteiger partial charge in [-0.3, -0.25) is 9.59 Å². The first kappa shape index (κ1) is 15.8. The SMILES string of the molecule is Cc1nc(CCC(=O)N(C)CC(=O)O)oc1-c1ccccc1. The van der Waals surface area contributed by atoms with E-state index in [4.69, 9.17) is 9.52 Å². The Kier molecular flexibility index (Phi) is 4.93. The van der Waals surface area contributed by atoms with E-state index < -0.39 is 5.97 Å². The molecule has 2 aromatic rings. The fourth-order valence-corrected chi connectivity index (χ4v) is 2.11. The summed E-state index contributed by atoms with van der Waals surface area (Å²) in [6.07, 6.45) is 0.508. The van der Waals surface area contributed by atoms with Gasteiger partial charge >= 0.3 is 5.97 Å². The third-order valence-electron chi connectivity index (χ3n) is 3.23. The predicted octanol–water partition coefficient (Wildman–Crippen LogP) is 2.13. The molecule has 2 rings (SSSR count). The Hall–Kier alpha value is -2.63. The summed E-state index contributed by atoms with van der Waals surface area (Å²) < 4.78 is 5.71. The molecule has 0 saturated carbocycles. The molecule has 0 atom stereocenters. The average Bonchev–Trinajstić information content (AvgIpc) is 2.86. The van der Waals surface area contributed by atoms with Crippen molar-refractivity contribution in [2.45, 2.75) is 19.8 Å². The molecule has 1 amide bonds. The second-order valence-corrected chi connectivity index (χ2v) is 5.03. The van der Waals surface area contributed by atoms with Gasteiger partial charge in [-0.1, -0.05) is 30.3 Å². The normalized spacial score (nSPS) is 10.5. The van der Waals surface area contributed by atoms with E-state index in [1.54, 1.807) is 0 Å². The number of nitrogens with zero attached hydrogens (tertiary/aromatic N) is 2. The standard InChI is InChI=1S/C16H18N2O4/c1-11-16(12-6-4-3-5-7-12)22-13(17-11)8-9-14(19)18(2)10-15(20)21/h3-7H,8-10H2,1-2H3,(H,20,21). The van der Waals surface area contributed by atoms with Crippen molar-refractivity contribution in [3.05, 3.63) is 41.9 Å². The van der Waals surface area contributed by atoms with Crippen LogP contribution >= 0.6 is 0 Å². The van der Waals surface area contributed by atoms with Crippen molar-refractivity contribution in [2.24, 2.45) is 0 Å². The minimum absolute atomic E-state index is 0.165. The fourth-order valence-electron chi connectivity index (χ4n) is 2.11. The number of oxazole rings is 1. The lowest BCUT2D eigenvalue weighted by Crippen LogP contribution is -2.32. The minimum atomic E-state index is -1.03. The number of carboxylic acids is 1. The number of carbonyl (C=O) groups excluding carboxylic acids is 1. The van der Waals surface area contributed by atoms with Gasteiger partial charge in [0.05, 0.1) is 5.69 Å². The lowest BCUT2D eigenvalue weighted by Gasteiger charge is -2.13. The first-order valence-corrected chi connectivity index (χ1v) is 6.95. The Morgan fingerprint density at radius 2 is 1.95 bits per heavy atom. The molecule has 0 saturated heterocycles. The summed E-state index contributed by atoms with van der Waals surface area (Å²) in [4.78, 5) is 27.9. The zero-order chi connectivity index (χ0) is 16.1. The summed E-state index contributed by atoms with van der Waals surface area (Å²) in [5, 5.41) is 8.66. The summed E-state index contributed by atoms with van der Waals surface area (Å²) in [6, 6.07) is 9.63. The molecular weight excluding hydrogens is 284 g/mol. The van der Waals surface area contributed by atoms with Crippen LogP contribution in [0.2, 0.25) is 0 Å². The van der Waals surface area contributed by atoms with Crippen LogP contribution in [-0.4, -0.2) is 40.5 Å². The molecule has 6 nitrogen and oxygen atoms in total. The van der Waals surface area contributed by atoms with Crippen molar-refractivity contribution in [1.82, 2.24) is 9.88 Å². The van der Waals surface area contributed by atoms with E-state index in [2.05, 4.69) is 4.98 Å². The molecule has 0 aliphatic heterocycles. The molecule has 6 heteroatoms. The maximum Gasteiger partial charge on any atom is 0.323 e. The zero-order valence-electron chi connectivity index (χ0n) is 12.6. The Balaban J connectivity index is 2.00. The Labute approximate surface area is 128 Å². The molecule has 0 unspecified atom stereocenters. The number of aliphatic carboxylic acids is 1. The zero-order valence-corrected chi connectivity index (χ0v) is 12.6. The van der Waals surface area contributed by atoms with E-state index in [9.17, 15) is 9.59 Å². The third-order valence-corrected chi connectivity index (χ3v) is 3.23. The van der Waals surface area contributed by atoms with Crippen LogP contribution in [0.3, 0.4) is 0 Å². The quantitative estimate of drug-likeness (QED) is 0.883. The van der Waals surface area contributed by atoms with Crippen molar-refractivity contribution in [1.29, 1.82) is 0 Å². The smallest absolute Gasteiger partial charge is 0.323 e. The van der Waals surface area contributed by atoms with Crippen LogP contribution in [0.25, 0.3) is 11.3 Å². The lowest BCUT2D eigenvalue weighted by molar-refractivity contribution is -0.143. The van der Waals surface area contributed by atoms with Crippen molar-refractivity contribution >= 4 is 11.9 Å². The molecule has 1 N–H and O–H groups in total. The molecule has 0 aliphatic rings. The van der Waals surface area contributed by atoms with E-state index in [0.29, 0.717) is 18.1 Å². The van der Waals surface area contributed by atoms with Crippen molar-refractivity contribution in [3.8, 4) is 11.3 Å². The molecule has 0 aliphatic carbocycles. The van der Waals surface area contributed by atoms with Crippen LogP contribution in [-0.2, 0) is 16.0 Å². The molecule has 0 fully saturated rings. The number of aryl methyl sites for hydroxylation is 2. The highest BCUT2D eigenvalue weighted by Crippen LogP contribution is 2.24. The predicted molar refractivity (Wildman–Crippen MR) is 80.3 cm³/mol. The van der Waals surface area contributed by atoms with E-state index in [1.165, 1.54) is 11.9 Å². The van der Waals surface area contributed by atoms with Gasteiger partial charge in [-0.25, -0.2) is 4.98 Å². The van der Waals surface area contributed by atoms with Gasteiger partial charge in [0.25, 0.3) is 0 Å². The number of benzene rings is 1. The maximum atomic E-state index is 11.8. The second kappa shape index (κ2) is 6.89. The number of hydrogen-bond donors (Lipinski definition) is 1. The number of hydrogen-bond acceptors (Lipinski definition) is 4. The number of likely N-dealkylation sites (N-methyl/N-ethyl adjacent to an activating group) is 1. The average molecular weight is 302 g/mol. The van der Waals surface area contributed by atoms with Crippen LogP contribution in [0.5, 0.6) is 0 Å². The molecule has 1 aromatic heterocycles. The van der Waals surface area contributed by atoms with Crippen LogP contribution < -0.4 is 0 Å². The fraction of sp³-hybridized carbons (Fsp3) is 0.312. The first-order chi connectivity index (χ1) is 10.5. The molecule has 1 aromatic carbocycles. The third kappa shape index (κ3) is 3.94. The summed E-state index contributed by atoms with van der Waals surface area (Å²) in [5.74, 6) is -0.107. The van der Waals surface area contributed by atoms with Crippen molar-refractivity contribution in [3.63, 3.8) is 0 Å². The number of amides is 1. The van der Waals surface area contributed by atoms with E-state index in [-0.39, 0.29) is 18.9 Å². The Morgan fingerprint density at radius 3 is 2.59 bits per heavy atom. The first-order valence-electron chi connectivity index (χ1n) is 6.95. The molecule has 0 spiro atoms. The summed E-state index contributed by atoms with van der Waals surface area (Å²) in [7, 11) is 1.46. The highest BCUT2D eigenvalue weighted by atomic mass is 16.4. The van der Waals surface area contributed by atoms with Gasteiger partial charge in [-0.05, 0) is 6.92 Å². The molecular formula is C16H18N2O4. The van der Waals surface area contributed by atoms with Gasteiger partial charge in [0.1, 0.15) is 6.54 Å². The van der Waals surface area contributed by atoms with Gasteiger partial charge in [0.2, 0.25) is 5.91 Å². The summed E-state index contributed by atoms with van der Waals surface area (Å²) in [6.45, 7) is 1.55. The monoisotopic (exact) mass is 302 g/mol. The number of aromatic nitrogens is 1. The van der Waals surface area contributed by atoms with E-state index in [1.807, 2.05) is 37.3 Å². The van der Waals surface area contributed by atoms with Gasteiger partial charge in [-0.15, -0.1) is 0 Å². The molecule has 116 valence electrons. The summed E-state index contributed by atoms with van der Waals surface area (Å²) in [5.41, 5.74) is 1.71. The van der Waals surface area contributed by atoms with Crippen molar-refractivity contribution < 1.29 is 19.1 Å². The molecule has 1 heterocycles. The number of rotatable bonds is 6. The number of carbonyl (C=O) groups is 2. The molecule has 22 heavy (non-hydrogen) atoms. The second-order valence-electron chi connectivity index (χ2n) is 5.03. The Morgan fingerprint density at radius 1 is 1.27 bits per heavy atom. The van der Waals surface area contributed by atoms with Crippen LogP contribution in [0.4, 0.5) is 0 Å². The lowest BCUT2D eigenvalue weighted by atomic mass is 10.1. The number of carboxylic acid groups (broad SMARTS) is 1. The van der Waals surface area contributed by atoms with Crippen LogP contribution in [0.1, 0.15) is 18.0 Å². The summed E-state index contributed by atoms with van der Waals surface area (Å²) >= 11 is 0. The van der Waals surface area contributed by atoms with Gasteiger partial charge < -0.3 is 14.4 Å². The minimum Gasteiger partial charge on any atom is -0.480 e. The van der Waals surface area contributed by atoms with E-state index >= 15 is 0 Å². The van der Waals surface area contributed by atoms with Gasteiger partial charge in [0, 0.05) is 25.5 Å². The maximum absolute atomic E-state index is 11.8. The highest BCUT2D eigenvalue weighted by Gasteiger charge is 2.15. The van der Waals surface area contributed by atoms with Gasteiger partial charge in [0.15, 0.2) is 11.7 Å². The van der Waals surface area contributed by atoms with Gasteiger partial charge in [-0.2, -0.15) is 0 Å². The van der Waals surface area contributed by atoms with Crippen LogP contribution in [0, 0.1) is 6.92 Å². The van der Waals surface area contributed by atoms with Crippen molar-refractivity contribution in [2.75, 3.05) is 13.6 Å².